The Labute approximate surface area is 320 Å². The zero-order valence-corrected chi connectivity index (χ0v) is 33.4. The fourth-order valence-corrected chi connectivity index (χ4v) is 8.03. The molecule has 284 valence electrons. The van der Waals surface area contributed by atoms with Gasteiger partial charge in [-0.05, 0) is 147 Å². The van der Waals surface area contributed by atoms with Gasteiger partial charge < -0.3 is 18.9 Å². The number of anilines is 2. The van der Waals surface area contributed by atoms with Crippen LogP contribution in [-0.4, -0.2) is 62.4 Å². The second-order valence-corrected chi connectivity index (χ2v) is 16.1. The summed E-state index contributed by atoms with van der Waals surface area (Å²) in [6.07, 6.45) is 8.68. The summed E-state index contributed by atoms with van der Waals surface area (Å²) in [5.74, 6) is 0. The minimum Gasteiger partial charge on any atom is -0.744 e. The average molecular weight is 767 g/mol. The molecule has 0 aromatic heterocycles. The molecule has 0 atom stereocenters. The van der Waals surface area contributed by atoms with Crippen molar-refractivity contribution in [2.45, 2.75) is 64.4 Å². The molecule has 0 unspecified atom stereocenters. The van der Waals surface area contributed by atoms with Crippen molar-refractivity contribution >= 4 is 42.9 Å². The first-order chi connectivity index (χ1) is 25.7. The number of hydrogen-bond acceptors (Lipinski definition) is 8. The van der Waals surface area contributed by atoms with Gasteiger partial charge >= 0.3 is 0 Å². The third-order valence-electron chi connectivity index (χ3n) is 9.86. The van der Waals surface area contributed by atoms with Crippen molar-refractivity contribution in [3.05, 3.63) is 148 Å². The summed E-state index contributed by atoms with van der Waals surface area (Å²) < 4.78 is 72.4. The molecule has 0 radical (unpaired) electrons. The van der Waals surface area contributed by atoms with Crippen LogP contribution in [0.15, 0.2) is 125 Å². The van der Waals surface area contributed by atoms with E-state index in [1.807, 2.05) is 26.0 Å². The summed E-state index contributed by atoms with van der Waals surface area (Å²) in [5, 5.41) is 0. The molecule has 0 fully saturated rings. The van der Waals surface area contributed by atoms with Crippen LogP contribution in [0, 0.1) is 13.8 Å². The first-order valence-corrected chi connectivity index (χ1v) is 21.0. The lowest BCUT2D eigenvalue weighted by Crippen LogP contribution is -2.22. The normalized spacial score (nSPS) is 13.0. The minimum absolute atomic E-state index is 0.235. The second kappa shape index (κ2) is 17.1. The van der Waals surface area contributed by atoms with Crippen LogP contribution in [0.5, 0.6) is 0 Å². The van der Waals surface area contributed by atoms with Gasteiger partial charge in [0.1, 0.15) is 33.3 Å². The van der Waals surface area contributed by atoms with Crippen molar-refractivity contribution in [3.63, 3.8) is 0 Å². The van der Waals surface area contributed by atoms with Gasteiger partial charge in [-0.2, -0.15) is 0 Å². The highest BCUT2D eigenvalue weighted by Gasteiger charge is 2.20. The number of aryl methyl sites for hydroxylation is 2. The van der Waals surface area contributed by atoms with Crippen LogP contribution in [-0.2, 0) is 33.3 Å². The maximum Gasteiger partial charge on any atom is 0.199 e. The molecule has 0 aliphatic heterocycles. The highest BCUT2D eigenvalue weighted by molar-refractivity contribution is 7.86. The van der Waals surface area contributed by atoms with Crippen LogP contribution in [0.4, 0.5) is 11.4 Å². The topological polar surface area (TPSA) is 124 Å². The van der Waals surface area contributed by atoms with E-state index in [-0.39, 0.29) is 9.79 Å². The van der Waals surface area contributed by atoms with E-state index in [0.717, 1.165) is 74.7 Å². The molecule has 11 heteroatoms. The predicted octanol–water partition coefficient (Wildman–Crippen LogP) is 7.59. The van der Waals surface area contributed by atoms with E-state index in [1.165, 1.54) is 24.3 Å². The fraction of sp³-hybridized carbons (Fsp3) is 0.279. The van der Waals surface area contributed by atoms with Crippen LogP contribution >= 0.6 is 0 Å². The first kappa shape index (κ1) is 40.4. The number of nitrogens with zero attached hydrogens (tertiary/aromatic N) is 3. The summed E-state index contributed by atoms with van der Waals surface area (Å²) in [6.45, 7) is 16.6. The number of benzene rings is 4. The molecule has 0 N–H and O–H groups in total. The van der Waals surface area contributed by atoms with Gasteiger partial charge in [0, 0.05) is 49.7 Å². The fourth-order valence-electron chi connectivity index (χ4n) is 6.94. The first-order valence-electron chi connectivity index (χ1n) is 18.2. The van der Waals surface area contributed by atoms with Crippen molar-refractivity contribution in [2.75, 3.05) is 36.0 Å². The summed E-state index contributed by atoms with van der Waals surface area (Å²) in [4.78, 5) is 3.82. The molecule has 5 rings (SSSR count). The van der Waals surface area contributed by atoms with Crippen molar-refractivity contribution in [3.8, 4) is 0 Å². The van der Waals surface area contributed by atoms with Crippen LogP contribution in [0.1, 0.15) is 61.1 Å². The predicted molar refractivity (Wildman–Crippen MR) is 215 cm³/mol. The van der Waals surface area contributed by atoms with E-state index in [0.29, 0.717) is 26.2 Å². The van der Waals surface area contributed by atoms with E-state index in [9.17, 15) is 25.9 Å². The summed E-state index contributed by atoms with van der Waals surface area (Å²) in [7, 11) is -9.12. The third-order valence-corrected chi connectivity index (χ3v) is 11.5. The van der Waals surface area contributed by atoms with Gasteiger partial charge in [-0.25, -0.2) is 21.4 Å². The highest BCUT2D eigenvalue weighted by Crippen LogP contribution is 2.37. The lowest BCUT2D eigenvalue weighted by atomic mass is 9.86. The molecule has 0 spiro atoms. The van der Waals surface area contributed by atoms with Gasteiger partial charge in [0.25, 0.3) is 0 Å². The van der Waals surface area contributed by atoms with Crippen molar-refractivity contribution in [1.82, 2.24) is 0 Å². The Hall–Kier alpha value is -4.81. The lowest BCUT2D eigenvalue weighted by Gasteiger charge is -2.27. The molecule has 0 amide bonds. The van der Waals surface area contributed by atoms with Gasteiger partial charge in [-0.15, -0.1) is 0 Å². The van der Waals surface area contributed by atoms with Gasteiger partial charge in [-0.1, -0.05) is 36.4 Å². The van der Waals surface area contributed by atoms with Crippen LogP contribution in [0.25, 0.3) is 5.57 Å². The van der Waals surface area contributed by atoms with E-state index < -0.39 is 20.2 Å². The molecule has 0 saturated carbocycles. The molecule has 9 nitrogen and oxygen atoms in total. The van der Waals surface area contributed by atoms with E-state index in [2.05, 4.69) is 103 Å². The molecular weight excluding hydrogens is 719 g/mol. The van der Waals surface area contributed by atoms with E-state index in [1.54, 1.807) is 12.1 Å². The SMILES string of the molecule is CCN(Cc1cccc(S(=O)(=O)[O-])c1)c1ccc(C(=C2C=CC(=[N+](CC)CC)C=C2)c2ccc(N(CC)Cc3cccc(S(=O)(=O)[O-])c3)cc2C)c(C)c1. The molecule has 0 bridgehead atoms. The molecule has 4 aromatic carbocycles. The Balaban J connectivity index is 1.55. The Morgan fingerprint density at radius 2 is 1.02 bits per heavy atom. The Morgan fingerprint density at radius 3 is 1.37 bits per heavy atom. The zero-order valence-electron chi connectivity index (χ0n) is 31.7. The molecule has 1 aliphatic rings. The Bertz CT molecular complexity index is 2220. The smallest absolute Gasteiger partial charge is 0.199 e. The Kier molecular flexibility index (Phi) is 12.8. The van der Waals surface area contributed by atoms with Crippen molar-refractivity contribution in [2.24, 2.45) is 0 Å². The standard InChI is InChI=1S/C43H49N3O6S2/c1-7-44(8-2)36-19-17-35(18-20-36)43(41-23-21-37(25-31(41)5)45(9-3)29-33-13-11-15-39(27-33)53(47,48)49)42-24-22-38(26-32(42)6)46(10-4)30-34-14-12-16-40(28-34)54(50,51)52/h11-28H,7-10,29-30H2,1-6H3,(H-,47,48,49,50,51,52)/p-1. The monoisotopic (exact) mass is 766 g/mol. The molecule has 4 aromatic rings. The molecule has 54 heavy (non-hydrogen) atoms. The quantitative estimate of drug-likeness (QED) is 0.0951. The molecule has 1 aliphatic carbocycles. The minimum atomic E-state index is -4.56. The average Bonchev–Trinajstić information content (AvgIpc) is 3.14. The van der Waals surface area contributed by atoms with E-state index in [4.69, 9.17) is 0 Å². The summed E-state index contributed by atoms with van der Waals surface area (Å²) in [5.41, 5.74) is 11.0. The number of hydrogen-bond donors (Lipinski definition) is 0. The summed E-state index contributed by atoms with van der Waals surface area (Å²) in [6, 6.07) is 25.1. The van der Waals surface area contributed by atoms with Gasteiger partial charge in [-0.3, -0.25) is 0 Å². The van der Waals surface area contributed by atoms with Crippen molar-refractivity contribution in [1.29, 1.82) is 0 Å². The molecule has 0 heterocycles. The largest absolute Gasteiger partial charge is 0.744 e. The van der Waals surface area contributed by atoms with E-state index >= 15 is 0 Å². The molecule has 0 saturated heterocycles. The second-order valence-electron chi connectivity index (χ2n) is 13.3. The van der Waals surface area contributed by atoms with Crippen LogP contribution in [0.3, 0.4) is 0 Å². The van der Waals surface area contributed by atoms with Crippen molar-refractivity contribution < 1.29 is 30.5 Å². The maximum absolute atomic E-state index is 11.7. The molecular formula is C43H48N3O6S2-. The summed E-state index contributed by atoms with van der Waals surface area (Å²) >= 11 is 0. The van der Waals surface area contributed by atoms with Gasteiger partial charge in [0.15, 0.2) is 5.71 Å². The third kappa shape index (κ3) is 9.46. The van der Waals surface area contributed by atoms with Crippen LogP contribution < -0.4 is 9.80 Å². The number of rotatable bonds is 14. The number of allylic oxidation sites excluding steroid dienone is 5. The maximum atomic E-state index is 11.7. The lowest BCUT2D eigenvalue weighted by molar-refractivity contribution is -0.519. The highest BCUT2D eigenvalue weighted by atomic mass is 32.2. The zero-order chi connectivity index (χ0) is 39.2. The van der Waals surface area contributed by atoms with Gasteiger partial charge in [0.05, 0.1) is 9.79 Å². The van der Waals surface area contributed by atoms with Gasteiger partial charge in [0.2, 0.25) is 0 Å². The Morgan fingerprint density at radius 1 is 0.593 bits per heavy atom. The van der Waals surface area contributed by atoms with Crippen LogP contribution in [0.2, 0.25) is 0 Å².